The van der Waals surface area contributed by atoms with E-state index in [2.05, 4.69) is 10.3 Å². The molecule has 3 aromatic rings. The average molecular weight is 341 g/mol. The lowest BCUT2D eigenvalue weighted by molar-refractivity contribution is -0.121. The van der Waals surface area contributed by atoms with Crippen molar-refractivity contribution in [3.8, 4) is 0 Å². The van der Waals surface area contributed by atoms with E-state index in [0.29, 0.717) is 17.0 Å². The molecule has 25 heavy (non-hydrogen) atoms. The van der Waals surface area contributed by atoms with E-state index in [1.165, 1.54) is 24.3 Å². The molecule has 1 amide bonds. The van der Waals surface area contributed by atoms with Crippen molar-refractivity contribution >= 4 is 5.91 Å². The molecule has 1 heterocycles. The summed E-state index contributed by atoms with van der Waals surface area (Å²) >= 11 is 0. The normalized spacial score (nSPS) is 12.0. The molecule has 6 heteroatoms. The van der Waals surface area contributed by atoms with Gasteiger partial charge in [-0.25, -0.2) is 13.8 Å². The maximum atomic E-state index is 13.3. The Hall–Kier alpha value is -3.02. The minimum Gasteiger partial charge on any atom is -0.342 e. The van der Waals surface area contributed by atoms with Gasteiger partial charge >= 0.3 is 0 Å². The number of halogens is 2. The number of aromatic nitrogens is 2. The number of hydrogen-bond donors (Lipinski definition) is 1. The Morgan fingerprint density at radius 1 is 1.16 bits per heavy atom. The van der Waals surface area contributed by atoms with Crippen molar-refractivity contribution in [2.45, 2.75) is 12.5 Å². The zero-order valence-corrected chi connectivity index (χ0v) is 13.6. The van der Waals surface area contributed by atoms with Gasteiger partial charge in [0, 0.05) is 19.4 Å². The molecule has 1 N–H and O–H groups in total. The van der Waals surface area contributed by atoms with E-state index in [-0.39, 0.29) is 24.0 Å². The largest absolute Gasteiger partial charge is 0.342 e. The van der Waals surface area contributed by atoms with E-state index in [0.717, 1.165) is 0 Å². The molecule has 128 valence electrons. The van der Waals surface area contributed by atoms with Crippen LogP contribution in [0, 0.1) is 11.6 Å². The first-order chi connectivity index (χ1) is 12.0. The molecule has 0 aliphatic rings. The fourth-order valence-corrected chi connectivity index (χ4v) is 2.65. The Bertz CT molecular complexity index is 874. The van der Waals surface area contributed by atoms with E-state index in [1.54, 1.807) is 41.2 Å². The van der Waals surface area contributed by atoms with Crippen molar-refractivity contribution < 1.29 is 13.6 Å². The van der Waals surface area contributed by atoms with Crippen molar-refractivity contribution in [1.29, 1.82) is 0 Å². The molecule has 0 saturated heterocycles. The van der Waals surface area contributed by atoms with Crippen LogP contribution in [0.4, 0.5) is 8.78 Å². The lowest BCUT2D eigenvalue weighted by Crippen LogP contribution is -2.32. The lowest BCUT2D eigenvalue weighted by atomic mass is 10.0. The topological polar surface area (TPSA) is 46.9 Å². The van der Waals surface area contributed by atoms with Gasteiger partial charge in [-0.3, -0.25) is 4.79 Å². The number of aryl methyl sites for hydroxylation is 1. The number of nitrogens with one attached hydrogen (secondary N) is 1. The number of imidazole rings is 1. The molecule has 0 bridgehead atoms. The van der Waals surface area contributed by atoms with Crippen LogP contribution in [0.5, 0.6) is 0 Å². The Morgan fingerprint density at radius 2 is 1.92 bits per heavy atom. The first-order valence-electron chi connectivity index (χ1n) is 7.79. The van der Waals surface area contributed by atoms with Crippen LogP contribution in [-0.2, 0) is 18.3 Å². The van der Waals surface area contributed by atoms with Crippen LogP contribution in [0.15, 0.2) is 60.9 Å². The molecular formula is C19H17F2N3O. The molecule has 4 nitrogen and oxygen atoms in total. The highest BCUT2D eigenvalue weighted by Crippen LogP contribution is 2.21. The molecule has 0 unspecified atom stereocenters. The molecule has 0 aliphatic heterocycles. The van der Waals surface area contributed by atoms with Crippen molar-refractivity contribution in [1.82, 2.24) is 14.9 Å². The van der Waals surface area contributed by atoms with Gasteiger partial charge in [0.05, 0.1) is 6.42 Å². The predicted octanol–water partition coefficient (Wildman–Crippen LogP) is 3.15. The third kappa shape index (κ3) is 4.09. The summed E-state index contributed by atoms with van der Waals surface area (Å²) in [5.41, 5.74) is 1.29. The molecule has 2 aromatic carbocycles. The van der Waals surface area contributed by atoms with Gasteiger partial charge in [-0.2, -0.15) is 0 Å². The van der Waals surface area contributed by atoms with Gasteiger partial charge < -0.3 is 9.88 Å². The third-order valence-corrected chi connectivity index (χ3v) is 3.88. The molecule has 0 saturated carbocycles. The van der Waals surface area contributed by atoms with Crippen LogP contribution in [0.2, 0.25) is 0 Å². The maximum Gasteiger partial charge on any atom is 0.225 e. The van der Waals surface area contributed by atoms with Gasteiger partial charge in [-0.15, -0.1) is 0 Å². The van der Waals surface area contributed by atoms with E-state index >= 15 is 0 Å². The number of nitrogens with zero attached hydrogens (tertiary/aromatic N) is 2. The van der Waals surface area contributed by atoms with Crippen LogP contribution >= 0.6 is 0 Å². The Labute approximate surface area is 144 Å². The second-order valence-electron chi connectivity index (χ2n) is 5.76. The lowest BCUT2D eigenvalue weighted by Gasteiger charge is -2.19. The summed E-state index contributed by atoms with van der Waals surface area (Å²) in [7, 11) is 1.82. The minimum absolute atomic E-state index is 0.0415. The highest BCUT2D eigenvalue weighted by atomic mass is 19.1. The molecule has 1 atom stereocenters. The predicted molar refractivity (Wildman–Crippen MR) is 89.7 cm³/mol. The minimum atomic E-state index is -0.526. The average Bonchev–Trinajstić information content (AvgIpc) is 2.99. The Morgan fingerprint density at radius 3 is 2.56 bits per heavy atom. The number of amides is 1. The Kier molecular flexibility index (Phi) is 4.88. The van der Waals surface area contributed by atoms with Crippen LogP contribution in [0.25, 0.3) is 0 Å². The second-order valence-corrected chi connectivity index (χ2v) is 5.76. The summed E-state index contributed by atoms with van der Waals surface area (Å²) in [5.74, 6) is -0.389. The summed E-state index contributed by atoms with van der Waals surface area (Å²) in [4.78, 5) is 16.7. The van der Waals surface area contributed by atoms with E-state index < -0.39 is 6.04 Å². The number of benzene rings is 2. The highest BCUT2D eigenvalue weighted by Gasteiger charge is 2.21. The van der Waals surface area contributed by atoms with Crippen molar-refractivity contribution in [2.24, 2.45) is 7.05 Å². The fraction of sp³-hybridized carbons (Fsp3) is 0.158. The van der Waals surface area contributed by atoms with Gasteiger partial charge in [-0.1, -0.05) is 24.3 Å². The first-order valence-corrected chi connectivity index (χ1v) is 7.79. The molecule has 0 fully saturated rings. The molecule has 0 spiro atoms. The molecular weight excluding hydrogens is 324 g/mol. The molecule has 1 aromatic heterocycles. The summed E-state index contributed by atoms with van der Waals surface area (Å²) < 4.78 is 28.3. The highest BCUT2D eigenvalue weighted by molar-refractivity contribution is 5.79. The third-order valence-electron chi connectivity index (χ3n) is 3.88. The molecule has 0 aliphatic carbocycles. The van der Waals surface area contributed by atoms with E-state index in [4.69, 9.17) is 0 Å². The van der Waals surface area contributed by atoms with Crippen molar-refractivity contribution in [2.75, 3.05) is 0 Å². The number of rotatable bonds is 5. The van der Waals surface area contributed by atoms with Gasteiger partial charge in [-0.05, 0) is 35.4 Å². The van der Waals surface area contributed by atoms with Gasteiger partial charge in [0.15, 0.2) is 0 Å². The van der Waals surface area contributed by atoms with Crippen LogP contribution in [0.3, 0.4) is 0 Å². The van der Waals surface area contributed by atoms with Gasteiger partial charge in [0.2, 0.25) is 5.91 Å². The van der Waals surface area contributed by atoms with Crippen LogP contribution < -0.4 is 5.32 Å². The first kappa shape index (κ1) is 16.8. The summed E-state index contributed by atoms with van der Waals surface area (Å²) in [5, 5.41) is 2.90. The Balaban J connectivity index is 1.83. The summed E-state index contributed by atoms with van der Waals surface area (Å²) in [6.45, 7) is 0. The van der Waals surface area contributed by atoms with E-state index in [9.17, 15) is 13.6 Å². The SMILES string of the molecule is Cn1ccnc1[C@H](NC(=O)Cc1cccc(F)c1)c1ccc(F)cc1. The summed E-state index contributed by atoms with van der Waals surface area (Å²) in [6, 6.07) is 11.3. The standard InChI is InChI=1S/C19H17F2N3O/c1-24-10-9-22-19(24)18(14-5-7-15(20)8-6-14)23-17(25)12-13-3-2-4-16(21)11-13/h2-11,18H,12H2,1H3,(H,23,25)/t18-/m1/s1. The van der Waals surface area contributed by atoms with Crippen LogP contribution in [-0.4, -0.2) is 15.5 Å². The molecule has 0 radical (unpaired) electrons. The smallest absolute Gasteiger partial charge is 0.225 e. The van der Waals surface area contributed by atoms with Gasteiger partial charge in [0.25, 0.3) is 0 Å². The second kappa shape index (κ2) is 7.25. The van der Waals surface area contributed by atoms with Crippen molar-refractivity contribution in [3.63, 3.8) is 0 Å². The maximum absolute atomic E-state index is 13.3. The van der Waals surface area contributed by atoms with Crippen LogP contribution in [0.1, 0.15) is 23.0 Å². The van der Waals surface area contributed by atoms with E-state index in [1.807, 2.05) is 7.05 Å². The fourth-order valence-electron chi connectivity index (χ4n) is 2.65. The zero-order valence-electron chi connectivity index (χ0n) is 13.6. The number of hydrogen-bond acceptors (Lipinski definition) is 2. The quantitative estimate of drug-likeness (QED) is 0.775. The monoisotopic (exact) mass is 341 g/mol. The number of carbonyl (C=O) groups excluding carboxylic acids is 1. The van der Waals surface area contributed by atoms with Crippen molar-refractivity contribution in [3.05, 3.63) is 89.5 Å². The summed E-state index contributed by atoms with van der Waals surface area (Å²) in [6.07, 6.45) is 3.44. The zero-order chi connectivity index (χ0) is 17.8. The number of carbonyl (C=O) groups is 1. The molecule has 3 rings (SSSR count). The van der Waals surface area contributed by atoms with Gasteiger partial charge in [0.1, 0.15) is 23.5 Å².